The molecule has 5 rings (SSSR count). The van der Waals surface area contributed by atoms with Crippen molar-refractivity contribution in [1.82, 2.24) is 10.6 Å². The van der Waals surface area contributed by atoms with Crippen molar-refractivity contribution in [2.45, 2.75) is 70.9 Å². The number of aryl methyl sites for hydroxylation is 1. The van der Waals surface area contributed by atoms with Gasteiger partial charge in [-0.05, 0) is 86.9 Å². The number of amides is 3. The fraction of sp³-hybridized carbons (Fsp3) is 0.342. The number of alkyl carbamates (subject to hydrolysis) is 1. The Balaban J connectivity index is 1.07. The molecule has 4 N–H and O–H groups in total. The molecule has 0 saturated heterocycles. The summed E-state index contributed by atoms with van der Waals surface area (Å²) < 4.78 is 16.2. The summed E-state index contributed by atoms with van der Waals surface area (Å²) in [6.07, 6.45) is -0.683. The number of carboxylic acid groups (broad SMARTS) is 1. The molecular formula is C38H41N3O9. The summed E-state index contributed by atoms with van der Waals surface area (Å²) in [5, 5.41) is 18.1. The second kappa shape index (κ2) is 15.3. The van der Waals surface area contributed by atoms with E-state index in [0.29, 0.717) is 29.5 Å². The Kier molecular flexibility index (Phi) is 10.9. The molecule has 1 aliphatic carbocycles. The zero-order valence-electron chi connectivity index (χ0n) is 28.5. The number of hydrogen-bond donors (Lipinski definition) is 4. The van der Waals surface area contributed by atoms with E-state index in [-0.39, 0.29) is 43.1 Å². The molecule has 12 nitrogen and oxygen atoms in total. The van der Waals surface area contributed by atoms with E-state index in [4.69, 9.17) is 13.9 Å². The van der Waals surface area contributed by atoms with Crippen LogP contribution in [0.2, 0.25) is 0 Å². The maximum atomic E-state index is 12.8. The first-order valence-electron chi connectivity index (χ1n) is 16.5. The van der Waals surface area contributed by atoms with E-state index in [1.807, 2.05) is 48.5 Å². The molecule has 0 unspecified atom stereocenters. The van der Waals surface area contributed by atoms with Gasteiger partial charge in [-0.1, -0.05) is 48.5 Å². The zero-order valence-corrected chi connectivity index (χ0v) is 28.5. The second-order valence-corrected chi connectivity index (χ2v) is 13.2. The third kappa shape index (κ3) is 8.68. The Bertz CT molecular complexity index is 1930. The van der Waals surface area contributed by atoms with Gasteiger partial charge < -0.3 is 29.6 Å². The van der Waals surface area contributed by atoms with Crippen LogP contribution in [-0.4, -0.2) is 54.0 Å². The fourth-order valence-corrected chi connectivity index (χ4v) is 6.06. The van der Waals surface area contributed by atoms with Crippen molar-refractivity contribution >= 4 is 40.7 Å². The van der Waals surface area contributed by atoms with Crippen molar-refractivity contribution in [3.63, 3.8) is 0 Å². The Morgan fingerprint density at radius 1 is 0.920 bits per heavy atom. The molecule has 262 valence electrons. The minimum absolute atomic E-state index is 0.0691. The van der Waals surface area contributed by atoms with Crippen LogP contribution in [0, 0.1) is 6.92 Å². The molecule has 0 bridgehead atoms. The zero-order chi connectivity index (χ0) is 36.0. The standard InChI is InChI=1S/C38H41N3O9/c1-22-24-17-16-23(40-37(47)50-38(2,3)4)19-32(24)49-35(45)29(22)20-33(42)39-18-10-9-15-31(34(43)44)41-36(46)48-21-30-27-13-7-5-11-25(27)26-12-6-8-14-28(26)30/h5-8,11-14,16-17,19,30-31H,9-10,15,18,20-21H2,1-4H3,(H,39,42)(H,40,47)(H,41,46)(H,43,44)/t31-/m0/s1. The van der Waals surface area contributed by atoms with Crippen LogP contribution >= 0.6 is 0 Å². The Morgan fingerprint density at radius 3 is 2.22 bits per heavy atom. The highest BCUT2D eigenvalue weighted by Gasteiger charge is 2.30. The van der Waals surface area contributed by atoms with Crippen LogP contribution in [0.25, 0.3) is 22.1 Å². The Morgan fingerprint density at radius 2 is 1.58 bits per heavy atom. The number of benzene rings is 3. The summed E-state index contributed by atoms with van der Waals surface area (Å²) in [7, 11) is 0. The van der Waals surface area contributed by atoms with Crippen LogP contribution in [0.1, 0.15) is 68.2 Å². The van der Waals surface area contributed by atoms with Crippen molar-refractivity contribution < 1.29 is 38.2 Å². The van der Waals surface area contributed by atoms with Crippen LogP contribution in [-0.2, 0) is 25.5 Å². The lowest BCUT2D eigenvalue weighted by Gasteiger charge is -2.19. The molecular weight excluding hydrogens is 642 g/mol. The van der Waals surface area contributed by atoms with E-state index in [1.54, 1.807) is 39.8 Å². The summed E-state index contributed by atoms with van der Waals surface area (Å²) in [5.74, 6) is -1.73. The first kappa shape index (κ1) is 35.7. The van der Waals surface area contributed by atoms with Crippen molar-refractivity contribution in [2.75, 3.05) is 18.5 Å². The maximum absolute atomic E-state index is 12.8. The SMILES string of the molecule is Cc1c(CC(=O)NCCCC[C@H](NC(=O)OCC2c3ccccc3-c3ccccc32)C(=O)O)c(=O)oc2cc(NC(=O)OC(C)(C)C)ccc12. The van der Waals surface area contributed by atoms with Gasteiger partial charge >= 0.3 is 23.8 Å². The number of fused-ring (bicyclic) bond motifs is 4. The van der Waals surface area contributed by atoms with E-state index in [9.17, 15) is 29.1 Å². The lowest BCUT2D eigenvalue weighted by atomic mass is 9.98. The first-order valence-corrected chi connectivity index (χ1v) is 16.5. The van der Waals surface area contributed by atoms with Gasteiger partial charge in [0.2, 0.25) is 5.91 Å². The van der Waals surface area contributed by atoms with Crippen LogP contribution in [0.15, 0.2) is 75.9 Å². The molecule has 12 heteroatoms. The van der Waals surface area contributed by atoms with Crippen molar-refractivity contribution in [3.8, 4) is 11.1 Å². The van der Waals surface area contributed by atoms with E-state index < -0.39 is 41.3 Å². The molecule has 0 radical (unpaired) electrons. The number of anilines is 1. The average Bonchev–Trinajstić information content (AvgIpc) is 3.37. The lowest BCUT2D eigenvalue weighted by Crippen LogP contribution is -2.41. The summed E-state index contributed by atoms with van der Waals surface area (Å²) in [6, 6.07) is 19.6. The Labute approximate surface area is 289 Å². The molecule has 0 saturated carbocycles. The molecule has 1 atom stereocenters. The van der Waals surface area contributed by atoms with Gasteiger partial charge in [-0.2, -0.15) is 0 Å². The van der Waals surface area contributed by atoms with Crippen molar-refractivity contribution in [2.24, 2.45) is 0 Å². The third-order valence-corrected chi connectivity index (χ3v) is 8.45. The molecule has 0 fully saturated rings. The van der Waals surface area contributed by atoms with E-state index >= 15 is 0 Å². The number of aliphatic carboxylic acids is 1. The number of hydrogen-bond acceptors (Lipinski definition) is 8. The fourth-order valence-electron chi connectivity index (χ4n) is 6.06. The highest BCUT2D eigenvalue weighted by molar-refractivity contribution is 5.91. The predicted molar refractivity (Wildman–Crippen MR) is 187 cm³/mol. The molecule has 1 heterocycles. The number of carboxylic acids is 1. The van der Waals surface area contributed by atoms with E-state index in [2.05, 4.69) is 16.0 Å². The maximum Gasteiger partial charge on any atom is 0.412 e. The van der Waals surface area contributed by atoms with Crippen molar-refractivity contribution in [1.29, 1.82) is 0 Å². The van der Waals surface area contributed by atoms with Crippen LogP contribution in [0.3, 0.4) is 0 Å². The largest absolute Gasteiger partial charge is 0.480 e. The minimum Gasteiger partial charge on any atom is -0.480 e. The van der Waals surface area contributed by atoms with Gasteiger partial charge in [0.05, 0.1) is 12.0 Å². The molecule has 0 spiro atoms. The normalized spacial score (nSPS) is 12.8. The van der Waals surface area contributed by atoms with Gasteiger partial charge in [-0.25, -0.2) is 19.2 Å². The van der Waals surface area contributed by atoms with Gasteiger partial charge in [0.25, 0.3) is 0 Å². The molecule has 4 aromatic rings. The third-order valence-electron chi connectivity index (χ3n) is 8.45. The number of rotatable bonds is 12. The van der Waals surface area contributed by atoms with Gasteiger partial charge in [-0.3, -0.25) is 10.1 Å². The van der Waals surface area contributed by atoms with Gasteiger partial charge in [0, 0.05) is 29.6 Å². The quantitative estimate of drug-likeness (QED) is 0.0992. The van der Waals surface area contributed by atoms with Crippen LogP contribution < -0.4 is 21.6 Å². The Hall–Kier alpha value is -5.65. The predicted octanol–water partition coefficient (Wildman–Crippen LogP) is 6.27. The highest BCUT2D eigenvalue weighted by atomic mass is 16.6. The van der Waals surface area contributed by atoms with Crippen LogP contribution in [0.5, 0.6) is 0 Å². The number of ether oxygens (including phenoxy) is 2. The molecule has 3 amide bonds. The first-order chi connectivity index (χ1) is 23.8. The number of nitrogens with one attached hydrogen (secondary N) is 3. The van der Waals surface area contributed by atoms with Crippen LogP contribution in [0.4, 0.5) is 15.3 Å². The van der Waals surface area contributed by atoms with E-state index in [0.717, 1.165) is 22.3 Å². The summed E-state index contributed by atoms with van der Waals surface area (Å²) in [6.45, 7) is 7.28. The summed E-state index contributed by atoms with van der Waals surface area (Å²) in [5.41, 5.74) is 4.38. The number of carbonyl (C=O) groups excluding carboxylic acids is 3. The second-order valence-electron chi connectivity index (χ2n) is 13.2. The molecule has 50 heavy (non-hydrogen) atoms. The van der Waals surface area contributed by atoms with Gasteiger partial charge in [0.1, 0.15) is 23.8 Å². The topological polar surface area (TPSA) is 173 Å². The molecule has 0 aliphatic heterocycles. The number of unbranched alkanes of at least 4 members (excludes halogenated alkanes) is 1. The summed E-state index contributed by atoms with van der Waals surface area (Å²) >= 11 is 0. The average molecular weight is 684 g/mol. The molecule has 1 aliphatic rings. The van der Waals surface area contributed by atoms with Gasteiger partial charge in [-0.15, -0.1) is 0 Å². The molecule has 1 aromatic heterocycles. The monoisotopic (exact) mass is 683 g/mol. The smallest absolute Gasteiger partial charge is 0.412 e. The number of carbonyl (C=O) groups is 4. The summed E-state index contributed by atoms with van der Waals surface area (Å²) in [4.78, 5) is 62.1. The van der Waals surface area contributed by atoms with Crippen molar-refractivity contribution in [3.05, 3.63) is 99.4 Å². The lowest BCUT2D eigenvalue weighted by molar-refractivity contribution is -0.139. The minimum atomic E-state index is -1.19. The van der Waals surface area contributed by atoms with Gasteiger partial charge in [0.15, 0.2) is 0 Å². The highest BCUT2D eigenvalue weighted by Crippen LogP contribution is 2.44. The van der Waals surface area contributed by atoms with E-state index in [1.165, 1.54) is 6.07 Å². The molecule has 3 aromatic carbocycles.